The van der Waals surface area contributed by atoms with Crippen molar-refractivity contribution in [2.24, 2.45) is 5.92 Å². The molecule has 2 rings (SSSR count). The van der Waals surface area contributed by atoms with Crippen LogP contribution in [0, 0.1) is 5.92 Å². The number of nitrogens with zero attached hydrogens (tertiary/aromatic N) is 1. The highest BCUT2D eigenvalue weighted by atomic mass is 16.5. The van der Waals surface area contributed by atoms with E-state index in [2.05, 4.69) is 4.90 Å². The van der Waals surface area contributed by atoms with Gasteiger partial charge in [-0.25, -0.2) is 0 Å². The van der Waals surface area contributed by atoms with Crippen LogP contribution in [0.4, 0.5) is 0 Å². The molecule has 1 heterocycles. The Morgan fingerprint density at radius 2 is 1.78 bits per heavy atom. The molecule has 1 aliphatic rings. The number of carbonyl (C=O) groups excluding carboxylic acids is 1. The average Bonchev–Trinajstić information content (AvgIpc) is 2.41. The zero-order valence-corrected chi connectivity index (χ0v) is 11.1. The van der Waals surface area contributed by atoms with Gasteiger partial charge < -0.3 is 4.74 Å². The third-order valence-electron chi connectivity index (χ3n) is 3.36. The summed E-state index contributed by atoms with van der Waals surface area (Å²) >= 11 is 0. The zero-order valence-electron chi connectivity index (χ0n) is 11.1. The monoisotopic (exact) mass is 247 g/mol. The number of hydrogen-bond donors (Lipinski definition) is 0. The molecule has 18 heavy (non-hydrogen) atoms. The van der Waals surface area contributed by atoms with E-state index in [4.69, 9.17) is 4.74 Å². The third-order valence-corrected chi connectivity index (χ3v) is 3.36. The number of ether oxygens (including phenoxy) is 1. The molecular weight excluding hydrogens is 226 g/mol. The van der Waals surface area contributed by atoms with Crippen LogP contribution in [0.25, 0.3) is 0 Å². The molecule has 0 amide bonds. The maximum absolute atomic E-state index is 12.5. The highest BCUT2D eigenvalue weighted by molar-refractivity contribution is 5.86. The van der Waals surface area contributed by atoms with E-state index in [0.717, 1.165) is 18.7 Å². The van der Waals surface area contributed by atoms with Crippen LogP contribution >= 0.6 is 0 Å². The minimum atomic E-state index is -0.116. The molecular formula is C15H21NO2. The molecule has 0 bridgehead atoms. The summed E-state index contributed by atoms with van der Waals surface area (Å²) in [5.41, 5.74) is 1.10. The van der Waals surface area contributed by atoms with Crippen molar-refractivity contribution in [3.8, 4) is 0 Å². The molecule has 1 atom stereocenters. The molecule has 0 aliphatic carbocycles. The normalized spacial score (nSPS) is 18.8. The minimum Gasteiger partial charge on any atom is -0.379 e. The fourth-order valence-electron chi connectivity index (χ4n) is 2.34. The lowest BCUT2D eigenvalue weighted by Crippen LogP contribution is -2.43. The molecule has 0 unspecified atom stereocenters. The van der Waals surface area contributed by atoms with Crippen molar-refractivity contribution in [3.63, 3.8) is 0 Å². The lowest BCUT2D eigenvalue weighted by Gasteiger charge is -2.34. The van der Waals surface area contributed by atoms with Crippen molar-refractivity contribution in [3.05, 3.63) is 35.9 Å². The van der Waals surface area contributed by atoms with Gasteiger partial charge in [0, 0.05) is 19.0 Å². The van der Waals surface area contributed by atoms with E-state index >= 15 is 0 Å². The number of ketones is 1. The summed E-state index contributed by atoms with van der Waals surface area (Å²) in [6.07, 6.45) is 0. The zero-order chi connectivity index (χ0) is 13.0. The quantitative estimate of drug-likeness (QED) is 0.817. The van der Waals surface area contributed by atoms with Crippen molar-refractivity contribution in [1.82, 2.24) is 4.90 Å². The topological polar surface area (TPSA) is 29.5 Å². The predicted octanol–water partition coefficient (Wildman–Crippen LogP) is 2.29. The van der Waals surface area contributed by atoms with Crippen LogP contribution in [0.2, 0.25) is 0 Å². The average molecular weight is 247 g/mol. The fraction of sp³-hybridized carbons (Fsp3) is 0.533. The highest BCUT2D eigenvalue weighted by Crippen LogP contribution is 2.25. The Balaban J connectivity index is 2.25. The molecule has 0 radical (unpaired) electrons. The molecule has 1 aromatic rings. The second-order valence-corrected chi connectivity index (χ2v) is 5.02. The van der Waals surface area contributed by atoms with E-state index in [0.29, 0.717) is 19.0 Å². The van der Waals surface area contributed by atoms with Gasteiger partial charge in [-0.3, -0.25) is 9.69 Å². The fourth-order valence-corrected chi connectivity index (χ4v) is 2.34. The predicted molar refractivity (Wildman–Crippen MR) is 71.4 cm³/mol. The lowest BCUT2D eigenvalue weighted by molar-refractivity contribution is -0.129. The van der Waals surface area contributed by atoms with E-state index in [1.807, 2.05) is 44.2 Å². The SMILES string of the molecule is CC(C)C(=O)[C@@H](c1ccccc1)N1CCOCC1. The minimum absolute atomic E-state index is 0.0538. The van der Waals surface area contributed by atoms with E-state index in [9.17, 15) is 4.79 Å². The molecule has 1 aromatic carbocycles. The summed E-state index contributed by atoms with van der Waals surface area (Å²) in [6.45, 7) is 7.04. The number of morpholine rings is 1. The Hall–Kier alpha value is -1.19. The van der Waals surface area contributed by atoms with Crippen molar-refractivity contribution in [2.75, 3.05) is 26.3 Å². The van der Waals surface area contributed by atoms with Gasteiger partial charge in [-0.15, -0.1) is 0 Å². The van der Waals surface area contributed by atoms with Gasteiger partial charge in [0.2, 0.25) is 0 Å². The molecule has 0 spiro atoms. The summed E-state index contributed by atoms with van der Waals surface area (Å²) in [5, 5.41) is 0. The number of rotatable bonds is 4. The van der Waals surface area contributed by atoms with Crippen LogP contribution in [0.3, 0.4) is 0 Å². The van der Waals surface area contributed by atoms with Crippen molar-refractivity contribution in [1.29, 1.82) is 0 Å². The maximum atomic E-state index is 12.5. The first-order chi connectivity index (χ1) is 8.70. The van der Waals surface area contributed by atoms with Crippen LogP contribution < -0.4 is 0 Å². The highest BCUT2D eigenvalue weighted by Gasteiger charge is 2.29. The summed E-state index contributed by atoms with van der Waals surface area (Å²) in [4.78, 5) is 14.7. The second kappa shape index (κ2) is 6.12. The first-order valence-electron chi connectivity index (χ1n) is 6.60. The summed E-state index contributed by atoms with van der Waals surface area (Å²) in [6, 6.07) is 9.95. The molecule has 3 nitrogen and oxygen atoms in total. The Bertz CT molecular complexity index is 383. The lowest BCUT2D eigenvalue weighted by atomic mass is 9.94. The van der Waals surface area contributed by atoms with Gasteiger partial charge in [0.05, 0.1) is 19.3 Å². The Morgan fingerprint density at radius 3 is 2.33 bits per heavy atom. The Labute approximate surface area is 109 Å². The Morgan fingerprint density at radius 1 is 1.17 bits per heavy atom. The van der Waals surface area contributed by atoms with E-state index < -0.39 is 0 Å². The number of carbonyl (C=O) groups is 1. The molecule has 1 aliphatic heterocycles. The summed E-state index contributed by atoms with van der Waals surface area (Å²) in [5.74, 6) is 0.348. The molecule has 0 N–H and O–H groups in total. The van der Waals surface area contributed by atoms with Gasteiger partial charge in [0.25, 0.3) is 0 Å². The maximum Gasteiger partial charge on any atom is 0.157 e. The molecule has 0 aromatic heterocycles. The largest absolute Gasteiger partial charge is 0.379 e. The van der Waals surface area contributed by atoms with E-state index in [-0.39, 0.29) is 12.0 Å². The third kappa shape index (κ3) is 2.98. The number of benzene rings is 1. The van der Waals surface area contributed by atoms with E-state index in [1.165, 1.54) is 0 Å². The van der Waals surface area contributed by atoms with Crippen molar-refractivity contribution >= 4 is 5.78 Å². The molecule has 1 fully saturated rings. The first-order valence-corrected chi connectivity index (χ1v) is 6.60. The molecule has 98 valence electrons. The summed E-state index contributed by atoms with van der Waals surface area (Å²) < 4.78 is 5.37. The van der Waals surface area contributed by atoms with E-state index in [1.54, 1.807) is 0 Å². The first kappa shape index (κ1) is 13.2. The second-order valence-electron chi connectivity index (χ2n) is 5.02. The van der Waals surface area contributed by atoms with Crippen LogP contribution in [-0.2, 0) is 9.53 Å². The van der Waals surface area contributed by atoms with Gasteiger partial charge >= 0.3 is 0 Å². The van der Waals surface area contributed by atoms with Gasteiger partial charge in [0.1, 0.15) is 0 Å². The summed E-state index contributed by atoms with van der Waals surface area (Å²) in [7, 11) is 0. The van der Waals surface area contributed by atoms with Crippen molar-refractivity contribution in [2.45, 2.75) is 19.9 Å². The number of Topliss-reactive ketones (excluding diaryl/α,β-unsaturated/α-hetero) is 1. The van der Waals surface area contributed by atoms with Gasteiger partial charge in [-0.05, 0) is 5.56 Å². The van der Waals surface area contributed by atoms with Crippen LogP contribution in [-0.4, -0.2) is 37.0 Å². The molecule has 0 saturated carbocycles. The van der Waals surface area contributed by atoms with Crippen LogP contribution in [0.15, 0.2) is 30.3 Å². The molecule has 1 saturated heterocycles. The smallest absolute Gasteiger partial charge is 0.157 e. The Kier molecular flexibility index (Phi) is 4.50. The van der Waals surface area contributed by atoms with Crippen LogP contribution in [0.1, 0.15) is 25.5 Å². The standard InChI is InChI=1S/C15H21NO2/c1-12(2)15(17)14(13-6-4-3-5-7-13)16-8-10-18-11-9-16/h3-7,12,14H,8-11H2,1-2H3/t14-/m1/s1. The molecule has 3 heteroatoms. The van der Waals surface area contributed by atoms with Gasteiger partial charge in [0.15, 0.2) is 5.78 Å². The number of hydrogen-bond acceptors (Lipinski definition) is 3. The van der Waals surface area contributed by atoms with Gasteiger partial charge in [-0.1, -0.05) is 44.2 Å². The van der Waals surface area contributed by atoms with Gasteiger partial charge in [-0.2, -0.15) is 0 Å². The van der Waals surface area contributed by atoms with Crippen LogP contribution in [0.5, 0.6) is 0 Å². The van der Waals surface area contributed by atoms with Crippen molar-refractivity contribution < 1.29 is 9.53 Å².